The van der Waals surface area contributed by atoms with Crippen LogP contribution >= 0.6 is 0 Å². The van der Waals surface area contributed by atoms with Gasteiger partial charge in [0, 0.05) is 37.3 Å². The molecule has 2 aromatic carbocycles. The molecule has 4 aromatic rings. The molecule has 1 amide bonds. The summed E-state index contributed by atoms with van der Waals surface area (Å²) >= 11 is 0. The lowest BCUT2D eigenvalue weighted by molar-refractivity contribution is -0.0368. The van der Waals surface area contributed by atoms with Crippen molar-refractivity contribution in [2.24, 2.45) is 0 Å². The van der Waals surface area contributed by atoms with Crippen LogP contribution in [0.2, 0.25) is 0 Å². The molecule has 1 atom stereocenters. The molecule has 32 heavy (non-hydrogen) atoms. The first-order valence-corrected chi connectivity index (χ1v) is 11.2. The molecule has 2 aromatic heterocycles. The van der Waals surface area contributed by atoms with Crippen LogP contribution in [0.3, 0.4) is 0 Å². The molecule has 1 unspecified atom stereocenters. The van der Waals surface area contributed by atoms with Gasteiger partial charge in [0.2, 0.25) is 0 Å². The number of benzene rings is 2. The first-order valence-electron chi connectivity index (χ1n) is 11.2. The molecular weight excluding hydrogens is 404 g/mol. The summed E-state index contributed by atoms with van der Waals surface area (Å²) in [6.07, 6.45) is 6.75. The molecule has 3 heterocycles. The average Bonchev–Trinajstić information content (AvgIpc) is 3.47. The van der Waals surface area contributed by atoms with E-state index in [2.05, 4.69) is 16.1 Å². The van der Waals surface area contributed by atoms with E-state index in [-0.39, 0.29) is 12.1 Å². The summed E-state index contributed by atoms with van der Waals surface area (Å²) < 4.78 is 13.8. The molecule has 1 N–H and O–H groups in total. The van der Waals surface area contributed by atoms with Crippen LogP contribution in [0, 0.1) is 0 Å². The largest absolute Gasteiger partial charge is 0.492 e. The zero-order chi connectivity index (χ0) is 22.1. The van der Waals surface area contributed by atoms with Gasteiger partial charge in [-0.15, -0.1) is 0 Å². The second-order valence-corrected chi connectivity index (χ2v) is 8.28. The van der Waals surface area contributed by atoms with E-state index in [0.717, 1.165) is 53.2 Å². The second kappa shape index (κ2) is 8.67. The Bertz CT molecular complexity index is 1250. The lowest BCUT2D eigenvalue weighted by Crippen LogP contribution is -2.26. The predicted octanol–water partition coefficient (Wildman–Crippen LogP) is 4.89. The van der Waals surface area contributed by atoms with Crippen LogP contribution < -0.4 is 4.74 Å². The van der Waals surface area contributed by atoms with E-state index >= 15 is 0 Å². The molecule has 7 nitrogen and oxygen atoms in total. The van der Waals surface area contributed by atoms with Crippen molar-refractivity contribution in [1.29, 1.82) is 0 Å². The highest BCUT2D eigenvalue weighted by molar-refractivity contribution is 6.00. The SMILES string of the molecule is CCOc1cc(C(=O)N(C)Cc2cccc3cc[nH]c23)cc2cnn(C3CCCCO3)c12. The van der Waals surface area contributed by atoms with Gasteiger partial charge >= 0.3 is 0 Å². The Morgan fingerprint density at radius 2 is 2.19 bits per heavy atom. The molecule has 5 rings (SSSR count). The molecule has 1 fully saturated rings. The zero-order valence-electron chi connectivity index (χ0n) is 18.5. The van der Waals surface area contributed by atoms with E-state index in [4.69, 9.17) is 9.47 Å². The Kier molecular flexibility index (Phi) is 5.57. The molecule has 0 radical (unpaired) electrons. The number of nitrogens with one attached hydrogen (secondary N) is 1. The molecule has 0 saturated carbocycles. The first-order chi connectivity index (χ1) is 15.7. The van der Waals surface area contributed by atoms with Crippen molar-refractivity contribution in [2.45, 2.75) is 39.0 Å². The Morgan fingerprint density at radius 1 is 1.28 bits per heavy atom. The number of H-pyrrole nitrogens is 1. The van der Waals surface area contributed by atoms with E-state index in [1.54, 1.807) is 11.1 Å². The fourth-order valence-electron chi connectivity index (χ4n) is 4.51. The molecule has 7 heteroatoms. The monoisotopic (exact) mass is 432 g/mol. The third-order valence-electron chi connectivity index (χ3n) is 6.06. The molecule has 0 spiro atoms. The van der Waals surface area contributed by atoms with Gasteiger partial charge in [-0.05, 0) is 55.3 Å². The summed E-state index contributed by atoms with van der Waals surface area (Å²) in [6, 6.07) is 11.9. The van der Waals surface area contributed by atoms with Gasteiger partial charge < -0.3 is 19.4 Å². The van der Waals surface area contributed by atoms with Crippen molar-refractivity contribution in [1.82, 2.24) is 19.7 Å². The van der Waals surface area contributed by atoms with Crippen LogP contribution in [0.5, 0.6) is 5.75 Å². The van der Waals surface area contributed by atoms with E-state index < -0.39 is 0 Å². The van der Waals surface area contributed by atoms with Gasteiger partial charge in [-0.2, -0.15) is 5.10 Å². The molecular formula is C25H28N4O3. The molecule has 1 aliphatic rings. The van der Waals surface area contributed by atoms with Crippen LogP contribution in [-0.4, -0.2) is 45.8 Å². The van der Waals surface area contributed by atoms with E-state index in [9.17, 15) is 4.79 Å². The fraction of sp³-hybridized carbons (Fsp3) is 0.360. The summed E-state index contributed by atoms with van der Waals surface area (Å²) in [5.74, 6) is 0.609. The van der Waals surface area contributed by atoms with Gasteiger partial charge in [-0.25, -0.2) is 4.68 Å². The van der Waals surface area contributed by atoms with Crippen molar-refractivity contribution in [3.63, 3.8) is 0 Å². The minimum absolute atomic E-state index is 0.0573. The van der Waals surface area contributed by atoms with Gasteiger partial charge in [0.15, 0.2) is 6.23 Å². The van der Waals surface area contributed by atoms with Gasteiger partial charge in [-0.1, -0.05) is 18.2 Å². The number of amides is 1. The maximum atomic E-state index is 13.3. The summed E-state index contributed by atoms with van der Waals surface area (Å²) in [7, 11) is 1.83. The van der Waals surface area contributed by atoms with E-state index in [0.29, 0.717) is 24.5 Å². The molecule has 166 valence electrons. The number of ether oxygens (including phenoxy) is 2. The lowest BCUT2D eigenvalue weighted by Gasteiger charge is -2.24. The van der Waals surface area contributed by atoms with Crippen LogP contribution in [0.1, 0.15) is 48.3 Å². The third kappa shape index (κ3) is 3.73. The maximum absolute atomic E-state index is 13.3. The number of rotatable bonds is 6. The first kappa shape index (κ1) is 20.6. The summed E-state index contributed by atoms with van der Waals surface area (Å²) in [6.45, 7) is 3.70. The van der Waals surface area contributed by atoms with Gasteiger partial charge in [-0.3, -0.25) is 4.79 Å². The fourth-order valence-corrected chi connectivity index (χ4v) is 4.51. The van der Waals surface area contributed by atoms with Crippen molar-refractivity contribution in [2.75, 3.05) is 20.3 Å². The second-order valence-electron chi connectivity index (χ2n) is 8.28. The normalized spacial score (nSPS) is 16.5. The van der Waals surface area contributed by atoms with E-state index in [1.807, 2.05) is 55.2 Å². The highest BCUT2D eigenvalue weighted by Crippen LogP contribution is 2.33. The minimum Gasteiger partial charge on any atom is -0.492 e. The predicted molar refractivity (Wildman–Crippen MR) is 124 cm³/mol. The summed E-state index contributed by atoms with van der Waals surface area (Å²) in [4.78, 5) is 18.4. The van der Waals surface area contributed by atoms with Crippen molar-refractivity contribution >= 4 is 27.7 Å². The number of carbonyl (C=O) groups is 1. The number of hydrogen-bond acceptors (Lipinski definition) is 4. The molecule has 1 saturated heterocycles. The topological polar surface area (TPSA) is 72.4 Å². The Labute approximate surface area is 186 Å². The van der Waals surface area contributed by atoms with Gasteiger partial charge in [0.1, 0.15) is 11.3 Å². The maximum Gasteiger partial charge on any atom is 0.254 e. The molecule has 1 aliphatic heterocycles. The van der Waals surface area contributed by atoms with Crippen LogP contribution in [-0.2, 0) is 11.3 Å². The van der Waals surface area contributed by atoms with E-state index in [1.165, 1.54) is 0 Å². The molecule has 0 bridgehead atoms. The minimum atomic E-state index is -0.0917. The zero-order valence-corrected chi connectivity index (χ0v) is 18.5. The lowest BCUT2D eigenvalue weighted by atomic mass is 10.1. The highest BCUT2D eigenvalue weighted by atomic mass is 16.5. The Morgan fingerprint density at radius 3 is 3.00 bits per heavy atom. The number of fused-ring (bicyclic) bond motifs is 2. The van der Waals surface area contributed by atoms with Crippen LogP contribution in [0.15, 0.2) is 48.8 Å². The number of nitrogens with zero attached hydrogens (tertiary/aromatic N) is 3. The van der Waals surface area contributed by atoms with Crippen molar-refractivity contribution in [3.8, 4) is 5.75 Å². The standard InChI is InChI=1S/C25H28N4O3/c1-3-31-21-14-19(13-20-15-27-29(24(20)21)22-9-4-5-12-32-22)25(30)28(2)16-18-8-6-7-17-10-11-26-23(17)18/h6-8,10-11,13-15,22,26H,3-5,9,12,16H2,1-2H3. The van der Waals surface area contributed by atoms with Gasteiger partial charge in [0.25, 0.3) is 5.91 Å². The highest BCUT2D eigenvalue weighted by Gasteiger charge is 2.23. The molecule has 0 aliphatic carbocycles. The number of para-hydroxylation sites is 1. The number of aromatic nitrogens is 3. The number of carbonyl (C=O) groups excluding carboxylic acids is 1. The van der Waals surface area contributed by atoms with Crippen molar-refractivity contribution < 1.29 is 14.3 Å². The Balaban J connectivity index is 1.46. The summed E-state index contributed by atoms with van der Waals surface area (Å²) in [5, 5.41) is 6.61. The van der Waals surface area contributed by atoms with Crippen LogP contribution in [0.4, 0.5) is 0 Å². The summed E-state index contributed by atoms with van der Waals surface area (Å²) in [5.41, 5.74) is 3.61. The number of aromatic amines is 1. The van der Waals surface area contributed by atoms with Gasteiger partial charge in [0.05, 0.1) is 18.3 Å². The van der Waals surface area contributed by atoms with Crippen LogP contribution in [0.25, 0.3) is 21.8 Å². The number of hydrogen-bond donors (Lipinski definition) is 1. The smallest absolute Gasteiger partial charge is 0.254 e. The average molecular weight is 433 g/mol. The Hall–Kier alpha value is -3.32. The third-order valence-corrected chi connectivity index (χ3v) is 6.06. The quantitative estimate of drug-likeness (QED) is 0.471. The van der Waals surface area contributed by atoms with Crippen molar-refractivity contribution in [3.05, 3.63) is 59.9 Å².